The van der Waals surface area contributed by atoms with Crippen molar-refractivity contribution in [3.63, 3.8) is 0 Å². The van der Waals surface area contributed by atoms with E-state index < -0.39 is 0 Å². The van der Waals surface area contributed by atoms with E-state index in [1.165, 1.54) is 6.42 Å². The lowest BCUT2D eigenvalue weighted by molar-refractivity contribution is 0.230. The fourth-order valence-electron chi connectivity index (χ4n) is 2.56. The van der Waals surface area contributed by atoms with Gasteiger partial charge in [-0.05, 0) is 44.5 Å². The molecule has 2 aromatic rings. The Kier molecular flexibility index (Phi) is 4.65. The van der Waals surface area contributed by atoms with Gasteiger partial charge in [0.1, 0.15) is 5.82 Å². The number of nitrogens with two attached hydrogens (primary N) is 1. The third-order valence-electron chi connectivity index (χ3n) is 3.82. The number of nitrogens with one attached hydrogen (secondary N) is 1. The molecule has 0 aliphatic heterocycles. The largest absolute Gasteiger partial charge is 0.399 e. The van der Waals surface area contributed by atoms with Crippen molar-refractivity contribution in [2.24, 2.45) is 5.92 Å². The van der Waals surface area contributed by atoms with Gasteiger partial charge in [-0.3, -0.25) is 0 Å². The summed E-state index contributed by atoms with van der Waals surface area (Å²) in [5, 5.41) is 0. The number of H-pyrrole nitrogens is 1. The van der Waals surface area contributed by atoms with E-state index in [1.54, 1.807) is 0 Å². The molecule has 1 heterocycles. The number of rotatable bonds is 6. The Labute approximate surface area is 121 Å². The Bertz CT molecular complexity index is 559. The fraction of sp³-hybridized carbons (Fsp3) is 0.562. The van der Waals surface area contributed by atoms with E-state index in [-0.39, 0.29) is 0 Å². The maximum atomic E-state index is 5.79. The number of fused-ring (bicyclic) bond motifs is 1. The van der Waals surface area contributed by atoms with Crippen LogP contribution in [0.25, 0.3) is 11.0 Å². The third-order valence-corrected chi connectivity index (χ3v) is 3.82. The van der Waals surface area contributed by atoms with Crippen molar-refractivity contribution >= 4 is 16.7 Å². The first-order valence-corrected chi connectivity index (χ1v) is 7.40. The minimum Gasteiger partial charge on any atom is -0.399 e. The number of nitrogen functional groups attached to an aromatic ring is 1. The molecule has 0 fully saturated rings. The predicted molar refractivity (Wildman–Crippen MR) is 85.8 cm³/mol. The normalized spacial score (nSPS) is 13.5. The average molecular weight is 274 g/mol. The van der Waals surface area contributed by atoms with Gasteiger partial charge < -0.3 is 15.6 Å². The van der Waals surface area contributed by atoms with Crippen molar-refractivity contribution in [3.8, 4) is 0 Å². The van der Waals surface area contributed by atoms with Gasteiger partial charge in [-0.15, -0.1) is 0 Å². The zero-order valence-corrected chi connectivity index (χ0v) is 13.0. The van der Waals surface area contributed by atoms with Crippen LogP contribution in [-0.4, -0.2) is 34.5 Å². The lowest BCUT2D eigenvalue weighted by Gasteiger charge is -2.25. The molecule has 0 amide bonds. The molecule has 4 heteroatoms. The molecule has 2 rings (SSSR count). The van der Waals surface area contributed by atoms with Gasteiger partial charge in [0, 0.05) is 24.7 Å². The standard InChI is InChI=1S/C16H26N4/c1-11(2)9-12(3)20(4)8-7-16-18-14-6-5-13(17)10-15(14)19-16/h5-6,10-12H,7-9,17H2,1-4H3,(H,18,19). The Morgan fingerprint density at radius 2 is 2.05 bits per heavy atom. The van der Waals surface area contributed by atoms with Crippen LogP contribution in [0.2, 0.25) is 0 Å². The van der Waals surface area contributed by atoms with Gasteiger partial charge in [-0.25, -0.2) is 4.98 Å². The van der Waals surface area contributed by atoms with E-state index in [0.29, 0.717) is 6.04 Å². The molecule has 0 bridgehead atoms. The number of hydrogen-bond donors (Lipinski definition) is 2. The van der Waals surface area contributed by atoms with E-state index in [1.807, 2.05) is 18.2 Å². The van der Waals surface area contributed by atoms with Crippen LogP contribution < -0.4 is 5.73 Å². The zero-order valence-electron chi connectivity index (χ0n) is 13.0. The molecule has 0 spiro atoms. The summed E-state index contributed by atoms with van der Waals surface area (Å²) in [5.74, 6) is 1.77. The van der Waals surface area contributed by atoms with Gasteiger partial charge in [-0.1, -0.05) is 13.8 Å². The highest BCUT2D eigenvalue weighted by Crippen LogP contribution is 2.16. The Hall–Kier alpha value is -1.55. The fourth-order valence-corrected chi connectivity index (χ4v) is 2.56. The summed E-state index contributed by atoms with van der Waals surface area (Å²) in [4.78, 5) is 10.4. The smallest absolute Gasteiger partial charge is 0.108 e. The molecule has 0 saturated carbocycles. The summed E-state index contributed by atoms with van der Waals surface area (Å²) >= 11 is 0. The Balaban J connectivity index is 1.95. The van der Waals surface area contributed by atoms with Crippen molar-refractivity contribution in [2.45, 2.75) is 39.7 Å². The number of anilines is 1. The molecular formula is C16H26N4. The number of likely N-dealkylation sites (N-methyl/N-ethyl adjacent to an activating group) is 1. The van der Waals surface area contributed by atoms with Crippen molar-refractivity contribution in [2.75, 3.05) is 19.3 Å². The quantitative estimate of drug-likeness (QED) is 0.796. The molecule has 3 N–H and O–H groups in total. The van der Waals surface area contributed by atoms with Crippen molar-refractivity contribution in [1.29, 1.82) is 0 Å². The van der Waals surface area contributed by atoms with Gasteiger partial charge in [0.2, 0.25) is 0 Å². The maximum absolute atomic E-state index is 5.79. The molecule has 0 radical (unpaired) electrons. The van der Waals surface area contributed by atoms with Gasteiger partial charge >= 0.3 is 0 Å². The number of imidazole rings is 1. The van der Waals surface area contributed by atoms with Crippen LogP contribution in [0.5, 0.6) is 0 Å². The number of nitrogens with zero attached hydrogens (tertiary/aromatic N) is 2. The van der Waals surface area contributed by atoms with Crippen molar-refractivity contribution in [1.82, 2.24) is 14.9 Å². The summed E-state index contributed by atoms with van der Waals surface area (Å²) in [6.45, 7) is 7.85. The highest BCUT2D eigenvalue weighted by molar-refractivity contribution is 5.78. The van der Waals surface area contributed by atoms with Crippen LogP contribution in [0.3, 0.4) is 0 Å². The second-order valence-electron chi connectivity index (χ2n) is 6.17. The van der Waals surface area contributed by atoms with Crippen LogP contribution >= 0.6 is 0 Å². The molecular weight excluding hydrogens is 248 g/mol. The van der Waals surface area contributed by atoms with E-state index in [4.69, 9.17) is 5.73 Å². The molecule has 20 heavy (non-hydrogen) atoms. The number of benzene rings is 1. The van der Waals surface area contributed by atoms with Gasteiger partial charge in [0.25, 0.3) is 0 Å². The number of aromatic amines is 1. The zero-order chi connectivity index (χ0) is 14.7. The molecule has 0 aliphatic carbocycles. The Morgan fingerprint density at radius 3 is 2.75 bits per heavy atom. The molecule has 1 aromatic heterocycles. The van der Waals surface area contributed by atoms with Gasteiger partial charge in [0.05, 0.1) is 11.0 Å². The minimum atomic E-state index is 0.607. The first-order chi connectivity index (χ1) is 9.45. The van der Waals surface area contributed by atoms with E-state index in [0.717, 1.165) is 41.4 Å². The summed E-state index contributed by atoms with van der Waals surface area (Å²) in [5.41, 5.74) is 8.58. The monoisotopic (exact) mass is 274 g/mol. The second kappa shape index (κ2) is 6.27. The first-order valence-electron chi connectivity index (χ1n) is 7.40. The van der Waals surface area contributed by atoms with Crippen LogP contribution in [0.15, 0.2) is 18.2 Å². The Morgan fingerprint density at radius 1 is 1.30 bits per heavy atom. The lowest BCUT2D eigenvalue weighted by atomic mass is 10.0. The summed E-state index contributed by atoms with van der Waals surface area (Å²) in [7, 11) is 2.19. The molecule has 0 aliphatic rings. The molecule has 1 aromatic carbocycles. The van der Waals surface area contributed by atoms with Crippen LogP contribution in [0.4, 0.5) is 5.69 Å². The van der Waals surface area contributed by atoms with Gasteiger partial charge in [-0.2, -0.15) is 0 Å². The highest BCUT2D eigenvalue weighted by atomic mass is 15.1. The summed E-state index contributed by atoms with van der Waals surface area (Å²) in [6.07, 6.45) is 2.17. The van der Waals surface area contributed by atoms with E-state index in [9.17, 15) is 0 Å². The first kappa shape index (κ1) is 14.9. The highest BCUT2D eigenvalue weighted by Gasteiger charge is 2.12. The van der Waals surface area contributed by atoms with Crippen molar-refractivity contribution in [3.05, 3.63) is 24.0 Å². The topological polar surface area (TPSA) is 57.9 Å². The maximum Gasteiger partial charge on any atom is 0.108 e. The van der Waals surface area contributed by atoms with E-state index in [2.05, 4.69) is 42.7 Å². The summed E-state index contributed by atoms with van der Waals surface area (Å²) < 4.78 is 0. The average Bonchev–Trinajstić information content (AvgIpc) is 2.76. The minimum absolute atomic E-state index is 0.607. The van der Waals surface area contributed by atoms with Gasteiger partial charge in [0.15, 0.2) is 0 Å². The molecule has 1 unspecified atom stereocenters. The second-order valence-corrected chi connectivity index (χ2v) is 6.17. The predicted octanol–water partition coefficient (Wildman–Crippen LogP) is 3.05. The number of aromatic nitrogens is 2. The van der Waals surface area contributed by atoms with Crippen LogP contribution in [-0.2, 0) is 6.42 Å². The van der Waals surface area contributed by atoms with Crippen LogP contribution in [0, 0.1) is 5.92 Å². The SMILES string of the molecule is CC(C)CC(C)N(C)CCc1nc2ccc(N)cc2[nH]1. The third kappa shape index (κ3) is 3.73. The van der Waals surface area contributed by atoms with Crippen molar-refractivity contribution < 1.29 is 0 Å². The van der Waals surface area contributed by atoms with E-state index >= 15 is 0 Å². The lowest BCUT2D eigenvalue weighted by Crippen LogP contribution is -2.32. The van der Waals surface area contributed by atoms with Crippen LogP contribution in [0.1, 0.15) is 33.0 Å². The molecule has 110 valence electrons. The molecule has 4 nitrogen and oxygen atoms in total. The number of hydrogen-bond acceptors (Lipinski definition) is 3. The molecule has 1 atom stereocenters. The molecule has 0 saturated heterocycles. The summed E-state index contributed by atoms with van der Waals surface area (Å²) in [6, 6.07) is 6.41.